The number of likely N-dealkylation sites (tertiary alicyclic amines) is 1. The Bertz CT molecular complexity index is 203. The Labute approximate surface area is 113 Å². The Morgan fingerprint density at radius 1 is 1.22 bits per heavy atom. The Kier molecular flexibility index (Phi) is 7.87. The van der Waals surface area contributed by atoms with Gasteiger partial charge in [0.15, 0.2) is 0 Å². The highest BCUT2D eigenvalue weighted by molar-refractivity contribution is 4.80. The molecule has 0 bridgehead atoms. The summed E-state index contributed by atoms with van der Waals surface area (Å²) in [7, 11) is 0. The molecule has 0 aromatic carbocycles. The van der Waals surface area contributed by atoms with Gasteiger partial charge in [0.1, 0.15) is 0 Å². The van der Waals surface area contributed by atoms with Crippen molar-refractivity contribution in [3.63, 3.8) is 0 Å². The van der Waals surface area contributed by atoms with Crippen molar-refractivity contribution in [3.05, 3.63) is 0 Å². The summed E-state index contributed by atoms with van der Waals surface area (Å²) in [5.74, 6) is 0.784. The van der Waals surface area contributed by atoms with E-state index in [-0.39, 0.29) is 6.10 Å². The standard InChI is InChI=1S/C15H32N2O/c1-4-6-15(18)12-16-13(3)14-7-10-17(9-5-2)11-8-14/h13-16,18H,4-12H2,1-3H3. The van der Waals surface area contributed by atoms with Gasteiger partial charge in [-0.15, -0.1) is 0 Å². The van der Waals surface area contributed by atoms with E-state index in [0.29, 0.717) is 6.04 Å². The van der Waals surface area contributed by atoms with Crippen LogP contribution in [0.5, 0.6) is 0 Å². The van der Waals surface area contributed by atoms with Gasteiger partial charge in [-0.2, -0.15) is 0 Å². The van der Waals surface area contributed by atoms with Gasteiger partial charge in [-0.1, -0.05) is 20.3 Å². The van der Waals surface area contributed by atoms with Gasteiger partial charge in [0.05, 0.1) is 6.10 Å². The first kappa shape index (κ1) is 15.9. The van der Waals surface area contributed by atoms with Crippen molar-refractivity contribution in [2.45, 2.75) is 65.0 Å². The topological polar surface area (TPSA) is 35.5 Å². The van der Waals surface area contributed by atoms with Crippen molar-refractivity contribution >= 4 is 0 Å². The normalized spacial score (nSPS) is 22.0. The van der Waals surface area contributed by atoms with Crippen molar-refractivity contribution < 1.29 is 5.11 Å². The van der Waals surface area contributed by atoms with Gasteiger partial charge in [-0.25, -0.2) is 0 Å². The first-order valence-corrected chi connectivity index (χ1v) is 7.81. The molecule has 1 aliphatic rings. The second kappa shape index (κ2) is 8.89. The summed E-state index contributed by atoms with van der Waals surface area (Å²) in [5, 5.41) is 13.3. The second-order valence-electron chi connectivity index (χ2n) is 5.82. The Morgan fingerprint density at radius 2 is 1.89 bits per heavy atom. The molecule has 108 valence electrons. The molecule has 2 unspecified atom stereocenters. The summed E-state index contributed by atoms with van der Waals surface area (Å²) >= 11 is 0. The van der Waals surface area contributed by atoms with E-state index in [1.165, 1.54) is 38.9 Å². The largest absolute Gasteiger partial charge is 0.392 e. The van der Waals surface area contributed by atoms with Crippen molar-refractivity contribution in [3.8, 4) is 0 Å². The molecule has 2 atom stereocenters. The number of aliphatic hydroxyl groups excluding tert-OH is 1. The number of nitrogens with zero attached hydrogens (tertiary/aromatic N) is 1. The maximum atomic E-state index is 9.74. The lowest BCUT2D eigenvalue weighted by Crippen LogP contribution is -2.44. The molecule has 0 saturated carbocycles. The molecule has 3 nitrogen and oxygen atoms in total. The molecule has 1 saturated heterocycles. The summed E-state index contributed by atoms with van der Waals surface area (Å²) in [5.41, 5.74) is 0. The third kappa shape index (κ3) is 5.68. The lowest BCUT2D eigenvalue weighted by molar-refractivity contribution is 0.134. The molecule has 1 rings (SSSR count). The van der Waals surface area contributed by atoms with E-state index in [9.17, 15) is 5.11 Å². The molecule has 0 aromatic rings. The van der Waals surface area contributed by atoms with Gasteiger partial charge in [0.25, 0.3) is 0 Å². The average Bonchev–Trinajstić information content (AvgIpc) is 2.37. The van der Waals surface area contributed by atoms with Crippen LogP contribution in [0.1, 0.15) is 52.9 Å². The fourth-order valence-corrected chi connectivity index (χ4v) is 2.92. The van der Waals surface area contributed by atoms with Crippen LogP contribution in [-0.2, 0) is 0 Å². The SMILES string of the molecule is CCCC(O)CNC(C)C1CCN(CCC)CC1. The predicted octanol–water partition coefficient (Wildman–Crippen LogP) is 2.25. The molecule has 18 heavy (non-hydrogen) atoms. The molecule has 0 radical (unpaired) electrons. The third-order valence-corrected chi connectivity index (χ3v) is 4.18. The minimum atomic E-state index is -0.169. The van der Waals surface area contributed by atoms with Gasteiger partial charge in [-0.3, -0.25) is 0 Å². The molecule has 1 heterocycles. The van der Waals surface area contributed by atoms with Crippen LogP contribution in [0.4, 0.5) is 0 Å². The van der Waals surface area contributed by atoms with Crippen LogP contribution in [0, 0.1) is 5.92 Å². The van der Waals surface area contributed by atoms with Gasteiger partial charge in [-0.05, 0) is 58.2 Å². The van der Waals surface area contributed by atoms with Crippen LogP contribution in [0.2, 0.25) is 0 Å². The van der Waals surface area contributed by atoms with Gasteiger partial charge < -0.3 is 15.3 Å². The van der Waals surface area contributed by atoms with Crippen LogP contribution in [-0.4, -0.2) is 48.3 Å². The van der Waals surface area contributed by atoms with Crippen LogP contribution in [0.25, 0.3) is 0 Å². The number of hydrogen-bond acceptors (Lipinski definition) is 3. The third-order valence-electron chi connectivity index (χ3n) is 4.18. The Balaban J connectivity index is 2.17. The molecule has 1 aliphatic heterocycles. The zero-order chi connectivity index (χ0) is 13.4. The van der Waals surface area contributed by atoms with Gasteiger partial charge >= 0.3 is 0 Å². The fourth-order valence-electron chi connectivity index (χ4n) is 2.92. The van der Waals surface area contributed by atoms with Gasteiger partial charge in [0.2, 0.25) is 0 Å². The zero-order valence-corrected chi connectivity index (χ0v) is 12.5. The van der Waals surface area contributed by atoms with E-state index in [2.05, 4.69) is 31.0 Å². The van der Waals surface area contributed by atoms with Crippen LogP contribution < -0.4 is 5.32 Å². The summed E-state index contributed by atoms with van der Waals surface area (Å²) in [6.07, 6.45) is 5.68. The number of hydrogen-bond donors (Lipinski definition) is 2. The van der Waals surface area contributed by atoms with Crippen LogP contribution in [0.15, 0.2) is 0 Å². The second-order valence-corrected chi connectivity index (χ2v) is 5.82. The molecule has 1 fully saturated rings. The molecule has 0 amide bonds. The molecule has 0 aliphatic carbocycles. The maximum Gasteiger partial charge on any atom is 0.0664 e. The quantitative estimate of drug-likeness (QED) is 0.699. The number of aliphatic hydroxyl groups is 1. The number of nitrogens with one attached hydrogen (secondary N) is 1. The highest BCUT2D eigenvalue weighted by Gasteiger charge is 2.23. The van der Waals surface area contributed by atoms with Crippen molar-refractivity contribution in [1.29, 1.82) is 0 Å². The Hall–Kier alpha value is -0.120. The van der Waals surface area contributed by atoms with Crippen LogP contribution in [0.3, 0.4) is 0 Å². The number of rotatable bonds is 8. The van der Waals surface area contributed by atoms with E-state index in [1.54, 1.807) is 0 Å². The number of piperidine rings is 1. The zero-order valence-electron chi connectivity index (χ0n) is 12.5. The maximum absolute atomic E-state index is 9.74. The molecule has 0 aromatic heterocycles. The van der Waals surface area contributed by atoms with Gasteiger partial charge in [0, 0.05) is 12.6 Å². The molecule has 2 N–H and O–H groups in total. The average molecular weight is 256 g/mol. The summed E-state index contributed by atoms with van der Waals surface area (Å²) < 4.78 is 0. The van der Waals surface area contributed by atoms with E-state index in [4.69, 9.17) is 0 Å². The van der Waals surface area contributed by atoms with E-state index in [1.807, 2.05) is 0 Å². The van der Waals surface area contributed by atoms with Crippen molar-refractivity contribution in [1.82, 2.24) is 10.2 Å². The van der Waals surface area contributed by atoms with E-state index in [0.717, 1.165) is 25.3 Å². The smallest absolute Gasteiger partial charge is 0.0664 e. The van der Waals surface area contributed by atoms with Crippen LogP contribution >= 0.6 is 0 Å². The van der Waals surface area contributed by atoms with E-state index < -0.39 is 0 Å². The monoisotopic (exact) mass is 256 g/mol. The summed E-state index contributed by atoms with van der Waals surface area (Å²) in [4.78, 5) is 2.58. The molecule has 0 spiro atoms. The Morgan fingerprint density at radius 3 is 2.44 bits per heavy atom. The fraction of sp³-hybridized carbons (Fsp3) is 1.00. The molecular weight excluding hydrogens is 224 g/mol. The highest BCUT2D eigenvalue weighted by atomic mass is 16.3. The summed E-state index contributed by atoms with van der Waals surface area (Å²) in [6.45, 7) is 11.2. The molecular formula is C15H32N2O. The lowest BCUT2D eigenvalue weighted by atomic mass is 9.90. The van der Waals surface area contributed by atoms with Crippen molar-refractivity contribution in [2.24, 2.45) is 5.92 Å². The van der Waals surface area contributed by atoms with Crippen molar-refractivity contribution in [2.75, 3.05) is 26.2 Å². The molecule has 3 heteroatoms. The lowest BCUT2D eigenvalue weighted by Gasteiger charge is -2.35. The predicted molar refractivity (Wildman–Crippen MR) is 77.8 cm³/mol. The first-order valence-electron chi connectivity index (χ1n) is 7.81. The van der Waals surface area contributed by atoms with E-state index >= 15 is 0 Å². The summed E-state index contributed by atoms with van der Waals surface area (Å²) in [6, 6.07) is 0.542. The minimum Gasteiger partial charge on any atom is -0.392 e. The minimum absolute atomic E-state index is 0.169. The first-order chi connectivity index (χ1) is 8.67. The highest BCUT2D eigenvalue weighted by Crippen LogP contribution is 2.20.